The van der Waals surface area contributed by atoms with Gasteiger partial charge in [0.2, 0.25) is 10.0 Å². The number of piperidine rings is 1. The maximum absolute atomic E-state index is 12.5. The highest BCUT2D eigenvalue weighted by Gasteiger charge is 2.25. The molecular formula is C14H22BrClN2O2S. The lowest BCUT2D eigenvalue weighted by Gasteiger charge is -2.28. The van der Waals surface area contributed by atoms with Crippen molar-refractivity contribution in [2.75, 3.05) is 6.54 Å². The van der Waals surface area contributed by atoms with Gasteiger partial charge in [0.1, 0.15) is 0 Å². The number of rotatable bonds is 3. The van der Waals surface area contributed by atoms with Gasteiger partial charge < -0.3 is 5.32 Å². The summed E-state index contributed by atoms with van der Waals surface area (Å²) in [6.45, 7) is 6.65. The molecule has 120 valence electrons. The van der Waals surface area contributed by atoms with E-state index in [4.69, 9.17) is 0 Å². The van der Waals surface area contributed by atoms with E-state index in [1.807, 2.05) is 19.9 Å². The molecule has 1 heterocycles. The molecule has 4 nitrogen and oxygen atoms in total. The highest BCUT2D eigenvalue weighted by atomic mass is 79.9. The molecule has 1 aliphatic rings. The van der Waals surface area contributed by atoms with Crippen LogP contribution in [0, 0.1) is 13.8 Å². The van der Waals surface area contributed by atoms with Crippen molar-refractivity contribution in [2.24, 2.45) is 0 Å². The molecule has 0 bridgehead atoms. The molecule has 2 N–H and O–H groups in total. The Labute approximate surface area is 141 Å². The molecule has 21 heavy (non-hydrogen) atoms. The molecule has 0 radical (unpaired) electrons. The Kier molecular flexibility index (Phi) is 6.68. The number of aryl methyl sites for hydroxylation is 2. The standard InChI is InChI=1S/C14H21BrN2O2S.ClH/c1-9-7-14(10(2)6-13(9)15)20(18,19)17-12-4-5-16-11(3)8-12;/h6-7,11-12,16-17H,4-5,8H2,1-3H3;1H. The molecular weight excluding hydrogens is 376 g/mol. The lowest BCUT2D eigenvalue weighted by Crippen LogP contribution is -2.46. The summed E-state index contributed by atoms with van der Waals surface area (Å²) in [5, 5.41) is 3.32. The van der Waals surface area contributed by atoms with Crippen LogP contribution < -0.4 is 10.0 Å². The third-order valence-corrected chi connectivity index (χ3v) is 6.21. The van der Waals surface area contributed by atoms with Gasteiger partial charge in [-0.1, -0.05) is 15.9 Å². The number of benzene rings is 1. The highest BCUT2D eigenvalue weighted by molar-refractivity contribution is 9.10. The number of hydrogen-bond acceptors (Lipinski definition) is 3. The zero-order valence-electron chi connectivity index (χ0n) is 12.4. The van der Waals surface area contributed by atoms with Crippen LogP contribution in [0.4, 0.5) is 0 Å². The Bertz CT molecular complexity index is 607. The minimum Gasteiger partial charge on any atom is -0.314 e. The Morgan fingerprint density at radius 3 is 2.57 bits per heavy atom. The smallest absolute Gasteiger partial charge is 0.241 e. The largest absolute Gasteiger partial charge is 0.314 e. The summed E-state index contributed by atoms with van der Waals surface area (Å²) < 4.78 is 28.9. The van der Waals surface area contributed by atoms with Crippen molar-refractivity contribution in [3.63, 3.8) is 0 Å². The molecule has 0 spiro atoms. The second-order valence-corrected chi connectivity index (χ2v) is 8.10. The van der Waals surface area contributed by atoms with Crippen LogP contribution in [0.2, 0.25) is 0 Å². The minimum absolute atomic E-state index is 0. The van der Waals surface area contributed by atoms with Gasteiger partial charge in [0.05, 0.1) is 4.90 Å². The SMILES string of the molecule is Cc1cc(S(=O)(=O)NC2CCNC(C)C2)c(C)cc1Br.Cl. The third-order valence-electron chi connectivity index (χ3n) is 3.69. The number of nitrogens with one attached hydrogen (secondary N) is 2. The first kappa shape index (κ1) is 18.9. The van der Waals surface area contributed by atoms with Gasteiger partial charge in [-0.15, -0.1) is 12.4 Å². The van der Waals surface area contributed by atoms with Gasteiger partial charge in [-0.05, 0) is 63.4 Å². The van der Waals surface area contributed by atoms with Crippen molar-refractivity contribution in [1.82, 2.24) is 10.0 Å². The Morgan fingerprint density at radius 1 is 1.29 bits per heavy atom. The number of halogens is 2. The van der Waals surface area contributed by atoms with E-state index in [2.05, 4.69) is 32.9 Å². The van der Waals surface area contributed by atoms with Crippen LogP contribution in [0.15, 0.2) is 21.5 Å². The fourth-order valence-electron chi connectivity index (χ4n) is 2.57. The van der Waals surface area contributed by atoms with Crippen molar-refractivity contribution >= 4 is 38.4 Å². The van der Waals surface area contributed by atoms with Gasteiger partial charge in [0.15, 0.2) is 0 Å². The number of hydrogen-bond donors (Lipinski definition) is 2. The van der Waals surface area contributed by atoms with Gasteiger partial charge in [0.25, 0.3) is 0 Å². The lowest BCUT2D eigenvalue weighted by atomic mass is 10.0. The maximum Gasteiger partial charge on any atom is 0.241 e. The summed E-state index contributed by atoms with van der Waals surface area (Å²) >= 11 is 3.43. The molecule has 2 atom stereocenters. The van der Waals surface area contributed by atoms with Crippen molar-refractivity contribution in [2.45, 2.75) is 50.6 Å². The van der Waals surface area contributed by atoms with E-state index >= 15 is 0 Å². The third kappa shape index (κ3) is 4.66. The molecule has 0 aromatic heterocycles. The molecule has 1 saturated heterocycles. The van der Waals surface area contributed by atoms with Gasteiger partial charge in [-0.3, -0.25) is 0 Å². The predicted molar refractivity (Wildman–Crippen MR) is 91.7 cm³/mol. The normalized spacial score (nSPS) is 22.7. The fourth-order valence-corrected chi connectivity index (χ4v) is 4.62. The van der Waals surface area contributed by atoms with E-state index in [1.165, 1.54) is 0 Å². The van der Waals surface area contributed by atoms with Gasteiger partial charge in [-0.25, -0.2) is 13.1 Å². The van der Waals surface area contributed by atoms with E-state index in [0.717, 1.165) is 35.0 Å². The Morgan fingerprint density at radius 2 is 1.95 bits per heavy atom. The van der Waals surface area contributed by atoms with Crippen LogP contribution in [0.25, 0.3) is 0 Å². The summed E-state index contributed by atoms with van der Waals surface area (Å²) in [5.41, 5.74) is 1.69. The van der Waals surface area contributed by atoms with E-state index in [0.29, 0.717) is 10.9 Å². The Hall–Kier alpha value is -0.140. The lowest BCUT2D eigenvalue weighted by molar-refractivity contribution is 0.361. The average Bonchev–Trinajstić information content (AvgIpc) is 2.33. The summed E-state index contributed by atoms with van der Waals surface area (Å²) in [5.74, 6) is 0. The summed E-state index contributed by atoms with van der Waals surface area (Å²) in [6, 6.07) is 3.95. The number of sulfonamides is 1. The molecule has 1 aromatic rings. The van der Waals surface area contributed by atoms with Crippen molar-refractivity contribution in [3.05, 3.63) is 27.7 Å². The Balaban J connectivity index is 0.00000220. The summed E-state index contributed by atoms with van der Waals surface area (Å²) in [4.78, 5) is 0.379. The molecule has 2 rings (SSSR count). The van der Waals surface area contributed by atoms with E-state index in [-0.39, 0.29) is 18.4 Å². The average molecular weight is 398 g/mol. The molecule has 0 saturated carbocycles. The highest BCUT2D eigenvalue weighted by Crippen LogP contribution is 2.25. The second-order valence-electron chi connectivity index (χ2n) is 5.56. The molecule has 0 aliphatic carbocycles. The maximum atomic E-state index is 12.5. The van der Waals surface area contributed by atoms with Crippen molar-refractivity contribution in [1.29, 1.82) is 0 Å². The zero-order valence-corrected chi connectivity index (χ0v) is 15.7. The van der Waals surface area contributed by atoms with Crippen LogP contribution in [-0.4, -0.2) is 27.0 Å². The van der Waals surface area contributed by atoms with Crippen LogP contribution in [0.1, 0.15) is 30.9 Å². The van der Waals surface area contributed by atoms with Crippen LogP contribution in [-0.2, 0) is 10.0 Å². The van der Waals surface area contributed by atoms with Gasteiger partial charge >= 0.3 is 0 Å². The fraction of sp³-hybridized carbons (Fsp3) is 0.571. The van der Waals surface area contributed by atoms with Gasteiger partial charge in [0, 0.05) is 16.6 Å². The van der Waals surface area contributed by atoms with E-state index in [9.17, 15) is 8.42 Å². The minimum atomic E-state index is -3.45. The molecule has 0 amide bonds. The molecule has 2 unspecified atom stereocenters. The first-order valence-electron chi connectivity index (χ1n) is 6.82. The quantitative estimate of drug-likeness (QED) is 0.824. The monoisotopic (exact) mass is 396 g/mol. The zero-order chi connectivity index (χ0) is 14.9. The summed E-state index contributed by atoms with van der Waals surface area (Å²) in [6.07, 6.45) is 1.66. The van der Waals surface area contributed by atoms with Crippen LogP contribution >= 0.6 is 28.3 Å². The molecule has 1 fully saturated rings. The van der Waals surface area contributed by atoms with E-state index in [1.54, 1.807) is 6.07 Å². The molecule has 1 aromatic carbocycles. The van der Waals surface area contributed by atoms with Crippen molar-refractivity contribution in [3.8, 4) is 0 Å². The van der Waals surface area contributed by atoms with Crippen LogP contribution in [0.3, 0.4) is 0 Å². The molecule has 7 heteroatoms. The molecule has 1 aliphatic heterocycles. The first-order chi connectivity index (χ1) is 9.29. The summed E-state index contributed by atoms with van der Waals surface area (Å²) in [7, 11) is -3.45. The van der Waals surface area contributed by atoms with Crippen LogP contribution in [0.5, 0.6) is 0 Å². The van der Waals surface area contributed by atoms with E-state index < -0.39 is 10.0 Å². The topological polar surface area (TPSA) is 58.2 Å². The van der Waals surface area contributed by atoms with Crippen molar-refractivity contribution < 1.29 is 8.42 Å². The predicted octanol–water partition coefficient (Wildman–Crippen LogP) is 2.91. The van der Waals surface area contributed by atoms with Gasteiger partial charge in [-0.2, -0.15) is 0 Å². The first-order valence-corrected chi connectivity index (χ1v) is 9.09. The second kappa shape index (κ2) is 7.42.